The quantitative estimate of drug-likeness (QED) is 0.856. The van der Waals surface area contributed by atoms with Crippen LogP contribution >= 0.6 is 0 Å². The number of fused-ring (bicyclic) bond motifs is 1. The topological polar surface area (TPSA) is 12.0 Å². The lowest BCUT2D eigenvalue weighted by atomic mass is 9.87. The van der Waals surface area contributed by atoms with Crippen molar-refractivity contribution in [1.82, 2.24) is 5.32 Å². The Kier molecular flexibility index (Phi) is 4.12. The summed E-state index contributed by atoms with van der Waals surface area (Å²) < 4.78 is 0. The number of hydrogen-bond acceptors (Lipinski definition) is 1. The third-order valence-electron chi connectivity index (χ3n) is 4.61. The Bertz CT molecular complexity index is 609. The van der Waals surface area contributed by atoms with Crippen LogP contribution in [-0.4, -0.2) is 6.54 Å². The summed E-state index contributed by atoms with van der Waals surface area (Å²) in [5.74, 6) is 0.599. The molecular formula is C20H25N. The number of likely N-dealkylation sites (N-methyl/N-ethyl adjacent to an activating group) is 1. The van der Waals surface area contributed by atoms with E-state index in [1.54, 1.807) is 5.56 Å². The molecule has 2 aromatic rings. The first kappa shape index (κ1) is 14.3. The molecule has 2 aromatic carbocycles. The van der Waals surface area contributed by atoms with Crippen molar-refractivity contribution in [3.63, 3.8) is 0 Å². The first-order chi connectivity index (χ1) is 10.2. The fourth-order valence-electron chi connectivity index (χ4n) is 3.84. The van der Waals surface area contributed by atoms with Crippen molar-refractivity contribution in [3.05, 3.63) is 70.3 Å². The van der Waals surface area contributed by atoms with Gasteiger partial charge in [-0.2, -0.15) is 0 Å². The van der Waals surface area contributed by atoms with Gasteiger partial charge in [0, 0.05) is 12.0 Å². The summed E-state index contributed by atoms with van der Waals surface area (Å²) >= 11 is 0. The van der Waals surface area contributed by atoms with E-state index in [1.165, 1.54) is 35.1 Å². The monoisotopic (exact) mass is 279 g/mol. The lowest BCUT2D eigenvalue weighted by Crippen LogP contribution is -2.26. The highest BCUT2D eigenvalue weighted by atomic mass is 14.9. The summed E-state index contributed by atoms with van der Waals surface area (Å²) in [4.78, 5) is 0. The largest absolute Gasteiger partial charge is 0.310 e. The molecule has 110 valence electrons. The average Bonchev–Trinajstić information content (AvgIpc) is 2.87. The van der Waals surface area contributed by atoms with Gasteiger partial charge in [-0.1, -0.05) is 60.5 Å². The second-order valence-corrected chi connectivity index (χ2v) is 6.30. The highest BCUT2D eigenvalue weighted by Crippen LogP contribution is 2.41. The molecule has 1 N–H and O–H groups in total. The van der Waals surface area contributed by atoms with Gasteiger partial charge in [-0.05, 0) is 49.9 Å². The van der Waals surface area contributed by atoms with Crippen LogP contribution in [0.2, 0.25) is 0 Å². The zero-order chi connectivity index (χ0) is 14.8. The highest BCUT2D eigenvalue weighted by Gasteiger charge is 2.30. The van der Waals surface area contributed by atoms with Crippen molar-refractivity contribution in [2.45, 2.75) is 45.6 Å². The van der Waals surface area contributed by atoms with Crippen LogP contribution in [0.1, 0.15) is 53.1 Å². The summed E-state index contributed by atoms with van der Waals surface area (Å²) in [7, 11) is 0. The van der Waals surface area contributed by atoms with Crippen LogP contribution in [0.25, 0.3) is 0 Å². The number of nitrogens with one attached hydrogen (secondary N) is 1. The van der Waals surface area contributed by atoms with Crippen LogP contribution in [0.3, 0.4) is 0 Å². The van der Waals surface area contributed by atoms with E-state index < -0.39 is 0 Å². The first-order valence-electron chi connectivity index (χ1n) is 8.08. The smallest absolute Gasteiger partial charge is 0.0389 e. The van der Waals surface area contributed by atoms with E-state index in [4.69, 9.17) is 0 Å². The van der Waals surface area contributed by atoms with Crippen molar-refractivity contribution >= 4 is 0 Å². The molecular weight excluding hydrogens is 254 g/mol. The summed E-state index contributed by atoms with van der Waals surface area (Å²) in [5, 5.41) is 3.74. The number of hydrogen-bond donors (Lipinski definition) is 1. The SMILES string of the molecule is CCNC(c1cc(C)cc(C)c1)C1CCc2ccccc21. The molecule has 2 unspecified atom stereocenters. The molecule has 0 fully saturated rings. The predicted octanol–water partition coefficient (Wildman–Crippen LogP) is 4.68. The summed E-state index contributed by atoms with van der Waals surface area (Å²) in [6.07, 6.45) is 2.47. The molecule has 0 aromatic heterocycles. The van der Waals surface area contributed by atoms with Crippen molar-refractivity contribution in [3.8, 4) is 0 Å². The summed E-state index contributed by atoms with van der Waals surface area (Å²) in [5.41, 5.74) is 7.24. The highest BCUT2D eigenvalue weighted by molar-refractivity contribution is 5.40. The van der Waals surface area contributed by atoms with Gasteiger partial charge in [-0.15, -0.1) is 0 Å². The minimum absolute atomic E-state index is 0.428. The van der Waals surface area contributed by atoms with E-state index in [9.17, 15) is 0 Å². The van der Waals surface area contributed by atoms with E-state index in [-0.39, 0.29) is 0 Å². The normalized spacial score (nSPS) is 18.5. The third-order valence-corrected chi connectivity index (χ3v) is 4.61. The molecule has 1 nitrogen and oxygen atoms in total. The fourth-order valence-corrected chi connectivity index (χ4v) is 3.84. The summed E-state index contributed by atoms with van der Waals surface area (Å²) in [6, 6.07) is 16.3. The van der Waals surface area contributed by atoms with E-state index >= 15 is 0 Å². The molecule has 1 aliphatic carbocycles. The molecule has 1 aliphatic rings. The maximum Gasteiger partial charge on any atom is 0.0389 e. The molecule has 0 saturated carbocycles. The average molecular weight is 279 g/mol. The zero-order valence-corrected chi connectivity index (χ0v) is 13.3. The molecule has 3 rings (SSSR count). The molecule has 1 heteroatoms. The Labute approximate surface area is 128 Å². The molecule has 0 spiro atoms. The van der Waals surface area contributed by atoms with Crippen LogP contribution in [0, 0.1) is 13.8 Å². The van der Waals surface area contributed by atoms with E-state index in [0.29, 0.717) is 12.0 Å². The molecule has 0 saturated heterocycles. The van der Waals surface area contributed by atoms with Crippen molar-refractivity contribution in [2.24, 2.45) is 0 Å². The van der Waals surface area contributed by atoms with Gasteiger partial charge in [-0.3, -0.25) is 0 Å². The van der Waals surface area contributed by atoms with Crippen LogP contribution in [-0.2, 0) is 6.42 Å². The predicted molar refractivity (Wildman–Crippen MR) is 89.8 cm³/mol. The number of benzene rings is 2. The van der Waals surface area contributed by atoms with Gasteiger partial charge in [0.1, 0.15) is 0 Å². The van der Waals surface area contributed by atoms with Gasteiger partial charge >= 0.3 is 0 Å². The van der Waals surface area contributed by atoms with E-state index in [1.807, 2.05) is 0 Å². The zero-order valence-electron chi connectivity index (χ0n) is 13.3. The van der Waals surface area contributed by atoms with Crippen molar-refractivity contribution < 1.29 is 0 Å². The van der Waals surface area contributed by atoms with Crippen LogP contribution in [0.15, 0.2) is 42.5 Å². The second kappa shape index (κ2) is 6.03. The fraction of sp³-hybridized carbons (Fsp3) is 0.400. The van der Waals surface area contributed by atoms with Crippen LogP contribution < -0.4 is 5.32 Å². The molecule has 0 radical (unpaired) electrons. The minimum Gasteiger partial charge on any atom is -0.310 e. The maximum atomic E-state index is 3.74. The Morgan fingerprint density at radius 1 is 1.10 bits per heavy atom. The molecule has 0 aliphatic heterocycles. The number of rotatable bonds is 4. The van der Waals surface area contributed by atoms with Crippen molar-refractivity contribution in [1.29, 1.82) is 0 Å². The Morgan fingerprint density at radius 3 is 2.52 bits per heavy atom. The Hall–Kier alpha value is -1.60. The van der Waals surface area contributed by atoms with Gasteiger partial charge in [-0.25, -0.2) is 0 Å². The summed E-state index contributed by atoms with van der Waals surface area (Å²) in [6.45, 7) is 7.61. The van der Waals surface area contributed by atoms with Gasteiger partial charge in [0.25, 0.3) is 0 Å². The molecule has 0 bridgehead atoms. The first-order valence-corrected chi connectivity index (χ1v) is 8.08. The van der Waals surface area contributed by atoms with Gasteiger partial charge in [0.05, 0.1) is 0 Å². The third kappa shape index (κ3) is 2.89. The van der Waals surface area contributed by atoms with Crippen LogP contribution in [0.4, 0.5) is 0 Å². The van der Waals surface area contributed by atoms with E-state index in [0.717, 1.165) is 6.54 Å². The standard InChI is InChI=1S/C20H25N/c1-4-21-20(17-12-14(2)11-15(3)13-17)19-10-9-16-7-5-6-8-18(16)19/h5-8,11-13,19-21H,4,9-10H2,1-3H3. The molecule has 0 amide bonds. The lowest BCUT2D eigenvalue weighted by Gasteiger charge is -2.26. The molecule has 0 heterocycles. The van der Waals surface area contributed by atoms with Crippen molar-refractivity contribution in [2.75, 3.05) is 6.54 Å². The Balaban J connectivity index is 1.99. The maximum absolute atomic E-state index is 3.74. The van der Waals surface area contributed by atoms with Gasteiger partial charge in [0.2, 0.25) is 0 Å². The molecule has 21 heavy (non-hydrogen) atoms. The number of aryl methyl sites for hydroxylation is 3. The van der Waals surface area contributed by atoms with E-state index in [2.05, 4.69) is 68.6 Å². The minimum atomic E-state index is 0.428. The second-order valence-electron chi connectivity index (χ2n) is 6.30. The van der Waals surface area contributed by atoms with Gasteiger partial charge in [0.15, 0.2) is 0 Å². The Morgan fingerprint density at radius 2 is 1.81 bits per heavy atom. The van der Waals surface area contributed by atoms with Gasteiger partial charge < -0.3 is 5.32 Å². The van der Waals surface area contributed by atoms with Crippen LogP contribution in [0.5, 0.6) is 0 Å². The molecule has 2 atom stereocenters. The lowest BCUT2D eigenvalue weighted by molar-refractivity contribution is 0.453.